The fraction of sp³-hybridized carbons (Fsp3) is 0.455. The second-order valence-electron chi connectivity index (χ2n) is 12.3. The van der Waals surface area contributed by atoms with Gasteiger partial charge in [-0.1, -0.05) is 0 Å². The van der Waals surface area contributed by atoms with Crippen molar-refractivity contribution in [2.75, 3.05) is 49.2 Å². The maximum atomic E-state index is 15.6. The van der Waals surface area contributed by atoms with Crippen molar-refractivity contribution >= 4 is 40.2 Å². The lowest BCUT2D eigenvalue weighted by Gasteiger charge is -2.36. The van der Waals surface area contributed by atoms with E-state index < -0.39 is 40.8 Å². The molecule has 2 unspecified atom stereocenters. The minimum Gasteiger partial charge on any atom is -0.491 e. The summed E-state index contributed by atoms with van der Waals surface area (Å²) in [6.45, 7) is 5.23. The zero-order chi connectivity index (χ0) is 33.4. The van der Waals surface area contributed by atoms with Crippen LogP contribution in [0.2, 0.25) is 0 Å². The molecule has 2 amide bonds. The predicted molar refractivity (Wildman–Crippen MR) is 168 cm³/mol. The van der Waals surface area contributed by atoms with Gasteiger partial charge in [0.2, 0.25) is 11.3 Å². The van der Waals surface area contributed by atoms with E-state index >= 15 is 4.39 Å². The molecular weight excluding hydrogens is 618 g/mol. The summed E-state index contributed by atoms with van der Waals surface area (Å²) >= 11 is 0. The van der Waals surface area contributed by atoms with E-state index in [0.29, 0.717) is 43.2 Å². The van der Waals surface area contributed by atoms with Gasteiger partial charge in [0.1, 0.15) is 24.0 Å². The molecule has 2 aromatic carbocycles. The molecule has 0 bridgehead atoms. The quantitative estimate of drug-likeness (QED) is 0.303. The number of hydrogen-bond acceptors (Lipinski definition) is 8. The molecule has 250 valence electrons. The van der Waals surface area contributed by atoms with Crippen molar-refractivity contribution in [2.24, 2.45) is 5.92 Å². The van der Waals surface area contributed by atoms with Crippen LogP contribution in [-0.2, 0) is 9.53 Å². The number of piperidine rings is 1. The van der Waals surface area contributed by atoms with Gasteiger partial charge in [0.15, 0.2) is 23.1 Å². The van der Waals surface area contributed by atoms with E-state index in [1.54, 1.807) is 10.6 Å². The van der Waals surface area contributed by atoms with E-state index in [1.807, 2.05) is 11.8 Å². The Morgan fingerprint density at radius 3 is 2.60 bits per heavy atom. The third-order valence-corrected chi connectivity index (χ3v) is 9.00. The number of hydrogen-bond donors (Lipinski definition) is 2. The second-order valence-corrected chi connectivity index (χ2v) is 12.3. The van der Waals surface area contributed by atoms with Crippen molar-refractivity contribution in [3.8, 4) is 11.5 Å². The summed E-state index contributed by atoms with van der Waals surface area (Å²) in [5, 5.41) is 12.1. The van der Waals surface area contributed by atoms with Crippen LogP contribution in [0.1, 0.15) is 55.9 Å². The lowest BCUT2D eigenvalue weighted by molar-refractivity contribution is -0.119. The summed E-state index contributed by atoms with van der Waals surface area (Å²) in [7, 11) is 0. The van der Waals surface area contributed by atoms with Crippen molar-refractivity contribution in [1.29, 1.82) is 0 Å². The Morgan fingerprint density at radius 1 is 1.13 bits per heavy atom. The smallest absolute Gasteiger partial charge is 0.414 e. The average Bonchev–Trinajstić information content (AvgIpc) is 3.42. The molecule has 12 nitrogen and oxygen atoms in total. The number of aromatic nitrogens is 1. The predicted octanol–water partition coefficient (Wildman–Crippen LogP) is 4.47. The molecule has 0 aliphatic carbocycles. The molecule has 6 rings (SSSR count). The Balaban J connectivity index is 1.03. The van der Waals surface area contributed by atoms with Crippen molar-refractivity contribution in [3.05, 3.63) is 57.9 Å². The number of rotatable bonds is 10. The van der Waals surface area contributed by atoms with Crippen LogP contribution in [0.25, 0.3) is 10.9 Å². The number of halogens is 2. The SMILES string of the molecule is CC(=O)NCC1CN(c2ccc(OCCCC3CCN(c4c(F)cc5c(=O)c(C(=O)O)cn6c5c4OCC6C)CC3)c(F)c2)C(=O)O1. The Hall–Kier alpha value is -4.88. The lowest BCUT2D eigenvalue weighted by atomic mass is 9.92. The molecule has 3 aliphatic rings. The molecule has 1 aromatic heterocycles. The average molecular weight is 655 g/mol. The molecule has 0 radical (unpaired) electrons. The first-order chi connectivity index (χ1) is 22.5. The number of carbonyl (C=O) groups excluding carboxylic acids is 2. The van der Waals surface area contributed by atoms with Gasteiger partial charge in [-0.15, -0.1) is 0 Å². The standard InChI is InChI=1S/C33H36F2N4O8/c1-18-17-46-31-28-23(30(41)24(32(42)43)16-38(18)28)13-26(35)29(31)37-9-7-20(8-10-37)4-3-11-45-27-6-5-21(12-25(27)34)39-15-22(47-33(39)44)14-36-19(2)40/h5-6,12-13,16,18,20,22H,3-4,7-11,14-15,17H2,1-2H3,(H,36,40)(H,42,43). The number of anilines is 2. The molecule has 2 atom stereocenters. The van der Waals surface area contributed by atoms with Gasteiger partial charge >= 0.3 is 12.1 Å². The van der Waals surface area contributed by atoms with Crippen LogP contribution in [-0.4, -0.2) is 73.1 Å². The number of pyridine rings is 1. The zero-order valence-corrected chi connectivity index (χ0v) is 26.1. The molecule has 0 spiro atoms. The Morgan fingerprint density at radius 2 is 1.89 bits per heavy atom. The number of benzene rings is 2. The number of carboxylic acid groups (broad SMARTS) is 1. The normalized spacial score (nSPS) is 19.4. The van der Waals surface area contributed by atoms with E-state index in [2.05, 4.69) is 5.32 Å². The van der Waals surface area contributed by atoms with Crippen LogP contribution in [0.3, 0.4) is 0 Å². The van der Waals surface area contributed by atoms with E-state index in [9.17, 15) is 28.7 Å². The first-order valence-electron chi connectivity index (χ1n) is 15.7. The summed E-state index contributed by atoms with van der Waals surface area (Å²) in [4.78, 5) is 51.1. The molecule has 14 heteroatoms. The number of nitrogens with one attached hydrogen (secondary N) is 1. The van der Waals surface area contributed by atoms with Crippen molar-refractivity contribution < 1.29 is 42.5 Å². The van der Waals surface area contributed by atoms with Crippen molar-refractivity contribution in [3.63, 3.8) is 0 Å². The van der Waals surface area contributed by atoms with Crippen LogP contribution in [0.5, 0.6) is 11.5 Å². The van der Waals surface area contributed by atoms with Crippen molar-refractivity contribution in [2.45, 2.75) is 51.7 Å². The summed E-state index contributed by atoms with van der Waals surface area (Å²) in [5.41, 5.74) is -0.124. The number of cyclic esters (lactones) is 1. The molecule has 4 heterocycles. The Kier molecular flexibility index (Phi) is 8.93. The van der Waals surface area contributed by atoms with Gasteiger partial charge < -0.3 is 34.1 Å². The van der Waals surface area contributed by atoms with Crippen LogP contribution in [0, 0.1) is 17.6 Å². The number of aromatic carboxylic acids is 1. The van der Waals surface area contributed by atoms with Gasteiger partial charge in [0, 0.05) is 32.3 Å². The van der Waals surface area contributed by atoms with Gasteiger partial charge in [-0.05, 0) is 56.7 Å². The van der Waals surface area contributed by atoms with E-state index in [-0.39, 0.29) is 54.2 Å². The number of carbonyl (C=O) groups is 3. The minimum atomic E-state index is -1.36. The van der Waals surface area contributed by atoms with E-state index in [0.717, 1.165) is 25.3 Å². The Labute approximate surface area is 268 Å². The third kappa shape index (κ3) is 6.41. The Bertz CT molecular complexity index is 1790. The number of ether oxygens (including phenoxy) is 3. The van der Waals surface area contributed by atoms with Crippen LogP contribution < -0.4 is 30.0 Å². The highest BCUT2D eigenvalue weighted by Gasteiger charge is 2.34. The summed E-state index contributed by atoms with van der Waals surface area (Å²) < 4.78 is 49.0. The highest BCUT2D eigenvalue weighted by Crippen LogP contribution is 2.43. The maximum absolute atomic E-state index is 15.6. The molecule has 2 N–H and O–H groups in total. The maximum Gasteiger partial charge on any atom is 0.414 e. The number of amides is 2. The van der Waals surface area contributed by atoms with Crippen LogP contribution >= 0.6 is 0 Å². The van der Waals surface area contributed by atoms with Gasteiger partial charge in [-0.3, -0.25) is 14.5 Å². The second kappa shape index (κ2) is 13.1. The first-order valence-corrected chi connectivity index (χ1v) is 15.7. The van der Waals surface area contributed by atoms with Gasteiger partial charge in [0.25, 0.3) is 0 Å². The lowest BCUT2D eigenvalue weighted by Crippen LogP contribution is -2.36. The van der Waals surface area contributed by atoms with Crippen LogP contribution in [0.4, 0.5) is 25.0 Å². The highest BCUT2D eigenvalue weighted by molar-refractivity contribution is 5.97. The fourth-order valence-corrected chi connectivity index (χ4v) is 6.53. The topological polar surface area (TPSA) is 140 Å². The molecule has 3 aromatic rings. The molecular formula is C33H36F2N4O8. The van der Waals surface area contributed by atoms with Gasteiger partial charge in [-0.2, -0.15) is 0 Å². The van der Waals surface area contributed by atoms with Crippen molar-refractivity contribution in [1.82, 2.24) is 9.88 Å². The summed E-state index contributed by atoms with van der Waals surface area (Å²) in [6.07, 6.45) is 3.27. The molecule has 0 saturated carbocycles. The molecule has 47 heavy (non-hydrogen) atoms. The van der Waals surface area contributed by atoms with Gasteiger partial charge in [0.05, 0.1) is 42.3 Å². The zero-order valence-electron chi connectivity index (χ0n) is 26.1. The van der Waals surface area contributed by atoms with Gasteiger partial charge in [-0.25, -0.2) is 18.4 Å². The fourth-order valence-electron chi connectivity index (χ4n) is 6.53. The number of nitrogens with zero attached hydrogens (tertiary/aromatic N) is 3. The van der Waals surface area contributed by atoms with Crippen LogP contribution in [0.15, 0.2) is 35.3 Å². The molecule has 2 saturated heterocycles. The van der Waals surface area contributed by atoms with E-state index in [4.69, 9.17) is 14.2 Å². The summed E-state index contributed by atoms with van der Waals surface area (Å²) in [5.74, 6) is -2.13. The monoisotopic (exact) mass is 654 g/mol. The minimum absolute atomic E-state index is 0.0143. The third-order valence-electron chi connectivity index (χ3n) is 9.00. The first kappa shape index (κ1) is 32.1. The summed E-state index contributed by atoms with van der Waals surface area (Å²) in [6, 6.07) is 5.18. The molecule has 2 fully saturated rings. The highest BCUT2D eigenvalue weighted by atomic mass is 19.1. The molecule has 3 aliphatic heterocycles. The van der Waals surface area contributed by atoms with E-state index in [1.165, 1.54) is 30.2 Å². The number of carboxylic acids is 1. The largest absolute Gasteiger partial charge is 0.491 e.